The molecule has 1 aliphatic heterocycles. The molecule has 0 aliphatic carbocycles. The van der Waals surface area contributed by atoms with Gasteiger partial charge in [0.25, 0.3) is 5.92 Å². The molecule has 168 valence electrons. The van der Waals surface area contributed by atoms with Gasteiger partial charge >= 0.3 is 18.0 Å². The van der Waals surface area contributed by atoms with E-state index in [2.05, 4.69) is 14.6 Å². The number of amidine groups is 1. The Morgan fingerprint density at radius 1 is 1.23 bits per heavy atom. The zero-order valence-corrected chi connectivity index (χ0v) is 16.7. The van der Waals surface area contributed by atoms with E-state index in [4.69, 9.17) is 15.3 Å². The number of benzene rings is 1. The normalized spacial score (nSPS) is 18.3. The van der Waals surface area contributed by atoms with Gasteiger partial charge in [0.05, 0.1) is 26.8 Å². The average Bonchev–Trinajstić information content (AvgIpc) is 3.10. The van der Waals surface area contributed by atoms with E-state index in [0.717, 1.165) is 14.2 Å². The maximum atomic E-state index is 14.0. The molecule has 1 atom stereocenters. The van der Waals surface area contributed by atoms with Crippen LogP contribution in [0.5, 0.6) is 0 Å². The number of halogens is 2. The molecule has 10 nitrogen and oxygen atoms in total. The van der Waals surface area contributed by atoms with Gasteiger partial charge in [-0.2, -0.15) is 0 Å². The number of carbonyl (C=O) groups is 3. The number of esters is 2. The van der Waals surface area contributed by atoms with Gasteiger partial charge in [0.15, 0.2) is 5.84 Å². The Kier molecular flexibility index (Phi) is 7.88. The summed E-state index contributed by atoms with van der Waals surface area (Å²) in [4.78, 5) is 40.9. The second kappa shape index (κ2) is 10.4. The predicted octanol–water partition coefficient (Wildman–Crippen LogP) is 1.55. The number of carbonyl (C=O) groups excluding carboxylic acids is 3. The van der Waals surface area contributed by atoms with E-state index in [0.29, 0.717) is 16.5 Å². The van der Waals surface area contributed by atoms with Crippen molar-refractivity contribution >= 4 is 23.9 Å². The second-order valence-electron chi connectivity index (χ2n) is 6.37. The first-order valence-electron chi connectivity index (χ1n) is 8.90. The number of nitrogens with two attached hydrogens (primary N) is 1. The largest absolute Gasteiger partial charge is 0.466 e. The fourth-order valence-corrected chi connectivity index (χ4v) is 2.63. The Morgan fingerprint density at radius 3 is 2.52 bits per heavy atom. The summed E-state index contributed by atoms with van der Waals surface area (Å²) < 4.78 is 41.8. The summed E-state index contributed by atoms with van der Waals surface area (Å²) in [6, 6.07) is 7.29. The van der Waals surface area contributed by atoms with Gasteiger partial charge in [-0.25, -0.2) is 23.2 Å². The summed E-state index contributed by atoms with van der Waals surface area (Å²) in [5, 5.41) is 3.41. The predicted molar refractivity (Wildman–Crippen MR) is 102 cm³/mol. The van der Waals surface area contributed by atoms with Gasteiger partial charge in [-0.05, 0) is 5.56 Å². The van der Waals surface area contributed by atoms with E-state index in [-0.39, 0.29) is 6.61 Å². The fraction of sp³-hybridized carbons (Fsp3) is 0.368. The van der Waals surface area contributed by atoms with Crippen LogP contribution >= 0.6 is 0 Å². The fourth-order valence-electron chi connectivity index (χ4n) is 2.63. The van der Waals surface area contributed by atoms with Gasteiger partial charge in [0, 0.05) is 6.42 Å². The summed E-state index contributed by atoms with van der Waals surface area (Å²) in [6.45, 7) is -1.07. The number of likely N-dealkylation sites (tertiary alicyclic amines) is 1. The lowest BCUT2D eigenvalue weighted by Gasteiger charge is -2.22. The van der Waals surface area contributed by atoms with Gasteiger partial charge in [0.2, 0.25) is 5.76 Å². The van der Waals surface area contributed by atoms with E-state index in [1.807, 2.05) is 0 Å². The van der Waals surface area contributed by atoms with Crippen LogP contribution in [-0.4, -0.2) is 61.5 Å². The molecule has 1 saturated heterocycles. The first kappa shape index (κ1) is 23.6. The van der Waals surface area contributed by atoms with Crippen LogP contribution in [-0.2, 0) is 35.2 Å². The quantitative estimate of drug-likeness (QED) is 0.128. The van der Waals surface area contributed by atoms with Crippen molar-refractivity contribution in [1.82, 2.24) is 4.90 Å². The van der Waals surface area contributed by atoms with Gasteiger partial charge in [-0.3, -0.25) is 4.90 Å². The summed E-state index contributed by atoms with van der Waals surface area (Å²) >= 11 is 0. The molecule has 1 heterocycles. The molecular formula is C19H21F2N3O7. The third-order valence-electron chi connectivity index (χ3n) is 4.14. The molecule has 31 heavy (non-hydrogen) atoms. The molecule has 1 amide bonds. The van der Waals surface area contributed by atoms with Crippen molar-refractivity contribution < 1.29 is 42.2 Å². The summed E-state index contributed by atoms with van der Waals surface area (Å²) in [7, 11) is 2.08. The number of hydrogen-bond acceptors (Lipinski definition) is 8. The number of amides is 1. The van der Waals surface area contributed by atoms with Crippen LogP contribution in [0.25, 0.3) is 0 Å². The average molecular weight is 441 g/mol. The maximum absolute atomic E-state index is 14.0. The molecule has 0 saturated carbocycles. The Morgan fingerprint density at radius 2 is 1.90 bits per heavy atom. The molecule has 0 unspecified atom stereocenters. The maximum Gasteiger partial charge on any atom is 0.410 e. The van der Waals surface area contributed by atoms with Crippen LogP contribution in [0.4, 0.5) is 13.6 Å². The van der Waals surface area contributed by atoms with Crippen LogP contribution in [0.3, 0.4) is 0 Å². The number of hydrogen-bond donors (Lipinski definition) is 1. The van der Waals surface area contributed by atoms with Crippen molar-refractivity contribution in [2.24, 2.45) is 10.9 Å². The first-order valence-corrected chi connectivity index (χ1v) is 8.90. The minimum Gasteiger partial charge on any atom is -0.466 e. The van der Waals surface area contributed by atoms with Crippen molar-refractivity contribution in [3.8, 4) is 0 Å². The number of nitrogens with zero attached hydrogens (tertiary/aromatic N) is 2. The lowest BCUT2D eigenvalue weighted by Crippen LogP contribution is -2.44. The molecule has 1 fully saturated rings. The molecule has 2 rings (SSSR count). The Balaban J connectivity index is 2.14. The molecule has 1 aliphatic rings. The van der Waals surface area contributed by atoms with Gasteiger partial charge < -0.3 is 24.8 Å². The van der Waals surface area contributed by atoms with Crippen LogP contribution in [0, 0.1) is 0 Å². The van der Waals surface area contributed by atoms with Crippen LogP contribution in [0.1, 0.15) is 12.0 Å². The molecule has 2 N–H and O–H groups in total. The molecule has 0 spiro atoms. The van der Waals surface area contributed by atoms with Crippen molar-refractivity contribution in [1.29, 1.82) is 0 Å². The van der Waals surface area contributed by atoms with Gasteiger partial charge in [0.1, 0.15) is 12.6 Å². The van der Waals surface area contributed by atoms with Crippen LogP contribution < -0.4 is 5.73 Å². The zero-order chi connectivity index (χ0) is 23.0. The van der Waals surface area contributed by atoms with Crippen LogP contribution in [0.15, 0.2) is 47.3 Å². The summed E-state index contributed by atoms with van der Waals surface area (Å²) in [6.07, 6.45) is -1.22. The standard InChI is InChI=1S/C19H21F2N3O7/c1-28-15(25)8-14(17(26)29-2)31-23-16(22)13-9-19(20,21)11-24(13)18(27)30-10-12-6-4-3-5-7-12/h3-8,13H,9-11H2,1-2H3,(H2,22,23)/b14-8+/t13-/m0/s1. The van der Waals surface area contributed by atoms with Gasteiger partial charge in [-0.15, -0.1) is 0 Å². The van der Waals surface area contributed by atoms with Crippen molar-refractivity contribution in [3.63, 3.8) is 0 Å². The third-order valence-corrected chi connectivity index (χ3v) is 4.14. The Hall–Kier alpha value is -3.70. The Labute approximate surface area is 176 Å². The van der Waals surface area contributed by atoms with Crippen molar-refractivity contribution in [2.45, 2.75) is 25.0 Å². The highest BCUT2D eigenvalue weighted by Crippen LogP contribution is 2.32. The SMILES string of the molecule is COC(=O)/C=C(/O/N=C(\N)[C@@H]1CC(F)(F)CN1C(=O)OCc1ccccc1)C(=O)OC. The van der Waals surface area contributed by atoms with E-state index in [9.17, 15) is 23.2 Å². The zero-order valence-electron chi connectivity index (χ0n) is 16.7. The minimum atomic E-state index is -3.25. The molecule has 0 aromatic heterocycles. The first-order chi connectivity index (χ1) is 14.7. The number of rotatable bonds is 7. The number of oxime groups is 1. The topological polar surface area (TPSA) is 130 Å². The summed E-state index contributed by atoms with van der Waals surface area (Å²) in [5.74, 6) is -6.51. The molecule has 1 aromatic carbocycles. The highest BCUT2D eigenvalue weighted by Gasteiger charge is 2.49. The van der Waals surface area contributed by atoms with Crippen molar-refractivity contribution in [2.75, 3.05) is 20.8 Å². The monoisotopic (exact) mass is 441 g/mol. The smallest absolute Gasteiger partial charge is 0.410 e. The lowest BCUT2D eigenvalue weighted by molar-refractivity contribution is -0.142. The van der Waals surface area contributed by atoms with Crippen molar-refractivity contribution in [3.05, 3.63) is 47.7 Å². The van der Waals surface area contributed by atoms with Crippen LogP contribution in [0.2, 0.25) is 0 Å². The second-order valence-corrected chi connectivity index (χ2v) is 6.37. The summed E-state index contributed by atoms with van der Waals surface area (Å²) in [5.41, 5.74) is 6.40. The highest BCUT2D eigenvalue weighted by molar-refractivity contribution is 5.95. The molecular weight excluding hydrogens is 420 g/mol. The van der Waals surface area contributed by atoms with Gasteiger partial charge in [-0.1, -0.05) is 35.5 Å². The highest BCUT2D eigenvalue weighted by atomic mass is 19.3. The molecule has 0 radical (unpaired) electrons. The number of ether oxygens (including phenoxy) is 3. The molecule has 1 aromatic rings. The van der Waals surface area contributed by atoms with E-state index < -0.39 is 54.6 Å². The number of methoxy groups -OCH3 is 2. The van der Waals surface area contributed by atoms with E-state index in [1.54, 1.807) is 30.3 Å². The number of alkyl halides is 2. The minimum absolute atomic E-state index is 0.129. The third kappa shape index (κ3) is 6.66. The van der Waals surface area contributed by atoms with E-state index >= 15 is 0 Å². The molecule has 12 heteroatoms. The van der Waals surface area contributed by atoms with E-state index in [1.165, 1.54) is 0 Å². The Bertz CT molecular complexity index is 875. The lowest BCUT2D eigenvalue weighted by atomic mass is 10.2. The molecule has 0 bridgehead atoms.